The summed E-state index contributed by atoms with van der Waals surface area (Å²) in [6.07, 6.45) is 0.961. The van der Waals surface area contributed by atoms with Gasteiger partial charge in [-0.2, -0.15) is 11.8 Å². The highest BCUT2D eigenvalue weighted by atomic mass is 32.2. The molecule has 2 amide bonds. The van der Waals surface area contributed by atoms with E-state index in [4.69, 9.17) is 5.84 Å². The Morgan fingerprint density at radius 1 is 1.35 bits per heavy atom. The molecule has 0 bridgehead atoms. The van der Waals surface area contributed by atoms with Gasteiger partial charge in [0.15, 0.2) is 0 Å². The molecule has 0 aliphatic heterocycles. The highest BCUT2D eigenvalue weighted by Crippen LogP contribution is 2.07. The van der Waals surface area contributed by atoms with Crippen molar-refractivity contribution in [3.05, 3.63) is 0 Å². The Labute approximate surface area is 107 Å². The van der Waals surface area contributed by atoms with Gasteiger partial charge in [-0.15, -0.1) is 0 Å². The van der Waals surface area contributed by atoms with Gasteiger partial charge in [-0.3, -0.25) is 15.0 Å². The molecular weight excluding hydrogens is 238 g/mol. The fourth-order valence-electron chi connectivity index (χ4n) is 1.38. The van der Waals surface area contributed by atoms with Crippen LogP contribution in [0.5, 0.6) is 0 Å². The van der Waals surface area contributed by atoms with Crippen molar-refractivity contribution in [2.45, 2.75) is 39.7 Å². The molecule has 100 valence electrons. The molecule has 0 aliphatic carbocycles. The maximum absolute atomic E-state index is 11.6. The van der Waals surface area contributed by atoms with Gasteiger partial charge in [-0.05, 0) is 13.8 Å². The molecule has 0 aromatic rings. The Bertz CT molecular complexity index is 247. The highest BCUT2D eigenvalue weighted by Gasteiger charge is 2.14. The lowest BCUT2D eigenvalue weighted by molar-refractivity contribution is -0.132. The Kier molecular flexibility index (Phi) is 8.89. The molecule has 17 heavy (non-hydrogen) atoms. The van der Waals surface area contributed by atoms with Crippen molar-refractivity contribution < 1.29 is 9.59 Å². The minimum atomic E-state index is -0.150. The number of rotatable bonds is 8. The van der Waals surface area contributed by atoms with Gasteiger partial charge in [0.2, 0.25) is 11.8 Å². The largest absolute Gasteiger partial charge is 0.339 e. The van der Waals surface area contributed by atoms with E-state index in [0.29, 0.717) is 12.8 Å². The van der Waals surface area contributed by atoms with Crippen molar-refractivity contribution in [3.8, 4) is 0 Å². The van der Waals surface area contributed by atoms with Gasteiger partial charge in [0, 0.05) is 36.9 Å². The highest BCUT2D eigenvalue weighted by molar-refractivity contribution is 7.99. The molecular formula is C11H23N3O2S. The molecule has 0 aromatic heterocycles. The molecule has 0 unspecified atom stereocenters. The van der Waals surface area contributed by atoms with Crippen LogP contribution in [0.2, 0.25) is 0 Å². The SMILES string of the molecule is CCC(=O)N(CCSCCC(=O)NN)C(C)C. The quantitative estimate of drug-likeness (QED) is 0.292. The van der Waals surface area contributed by atoms with Gasteiger partial charge >= 0.3 is 0 Å². The van der Waals surface area contributed by atoms with E-state index in [1.165, 1.54) is 0 Å². The minimum Gasteiger partial charge on any atom is -0.339 e. The van der Waals surface area contributed by atoms with Gasteiger partial charge in [-0.1, -0.05) is 6.92 Å². The predicted octanol–water partition coefficient (Wildman–Crippen LogP) is 0.747. The maximum atomic E-state index is 11.6. The fourth-order valence-corrected chi connectivity index (χ4v) is 2.24. The third-order valence-electron chi connectivity index (χ3n) is 2.36. The standard InChI is InChI=1S/C11H23N3O2S/c1-4-11(16)14(9(2)3)6-8-17-7-5-10(15)13-12/h9H,4-8,12H2,1-3H3,(H,13,15). The van der Waals surface area contributed by atoms with E-state index in [-0.39, 0.29) is 17.9 Å². The third kappa shape index (κ3) is 7.23. The summed E-state index contributed by atoms with van der Waals surface area (Å²) in [6.45, 7) is 6.63. The number of nitrogens with two attached hydrogens (primary N) is 1. The van der Waals surface area contributed by atoms with Crippen LogP contribution in [-0.2, 0) is 9.59 Å². The van der Waals surface area contributed by atoms with Crippen molar-refractivity contribution in [2.24, 2.45) is 5.84 Å². The predicted molar refractivity (Wildman–Crippen MR) is 71.4 cm³/mol. The average molecular weight is 261 g/mol. The molecule has 6 heteroatoms. The Balaban J connectivity index is 3.76. The molecule has 0 aliphatic rings. The molecule has 0 saturated heterocycles. The van der Waals surface area contributed by atoms with Crippen LogP contribution in [-0.4, -0.2) is 40.8 Å². The Morgan fingerprint density at radius 3 is 2.47 bits per heavy atom. The first-order valence-electron chi connectivity index (χ1n) is 5.89. The van der Waals surface area contributed by atoms with Crippen molar-refractivity contribution in [1.82, 2.24) is 10.3 Å². The topological polar surface area (TPSA) is 75.4 Å². The molecule has 0 radical (unpaired) electrons. The smallest absolute Gasteiger partial charge is 0.234 e. The number of nitrogens with one attached hydrogen (secondary N) is 1. The fraction of sp³-hybridized carbons (Fsp3) is 0.818. The maximum Gasteiger partial charge on any atom is 0.234 e. The van der Waals surface area contributed by atoms with Crippen LogP contribution in [0.3, 0.4) is 0 Å². The summed E-state index contributed by atoms with van der Waals surface area (Å²) in [7, 11) is 0. The number of hydrazine groups is 1. The summed E-state index contributed by atoms with van der Waals surface area (Å²) in [5.41, 5.74) is 2.09. The second kappa shape index (κ2) is 9.30. The molecule has 0 heterocycles. The molecule has 0 rings (SSSR count). The minimum absolute atomic E-state index is 0.150. The molecule has 0 atom stereocenters. The second-order valence-electron chi connectivity index (χ2n) is 3.96. The summed E-state index contributed by atoms with van der Waals surface area (Å²) >= 11 is 1.66. The van der Waals surface area contributed by atoms with Gasteiger partial charge < -0.3 is 4.90 Å². The molecule has 5 nitrogen and oxygen atoms in total. The monoisotopic (exact) mass is 261 g/mol. The normalized spacial score (nSPS) is 10.4. The van der Waals surface area contributed by atoms with Gasteiger partial charge in [0.1, 0.15) is 0 Å². The summed E-state index contributed by atoms with van der Waals surface area (Å²) in [5.74, 6) is 6.58. The van der Waals surface area contributed by atoms with Crippen LogP contribution in [0.4, 0.5) is 0 Å². The summed E-state index contributed by atoms with van der Waals surface area (Å²) in [6, 6.07) is 0.232. The summed E-state index contributed by atoms with van der Waals surface area (Å²) < 4.78 is 0. The average Bonchev–Trinajstić information content (AvgIpc) is 2.31. The number of carbonyl (C=O) groups excluding carboxylic acids is 2. The van der Waals surface area contributed by atoms with E-state index in [2.05, 4.69) is 5.43 Å². The molecule has 0 saturated carbocycles. The van der Waals surface area contributed by atoms with E-state index in [1.54, 1.807) is 11.8 Å². The molecule has 0 fully saturated rings. The first-order valence-corrected chi connectivity index (χ1v) is 7.05. The Morgan fingerprint density at radius 2 is 2.00 bits per heavy atom. The first kappa shape index (κ1) is 16.2. The van der Waals surface area contributed by atoms with Crippen molar-refractivity contribution >= 4 is 23.6 Å². The zero-order chi connectivity index (χ0) is 13.3. The van der Waals surface area contributed by atoms with E-state index in [9.17, 15) is 9.59 Å². The number of hydrogen-bond donors (Lipinski definition) is 2. The summed E-state index contributed by atoms with van der Waals surface area (Å²) in [5, 5.41) is 0. The lowest BCUT2D eigenvalue weighted by Gasteiger charge is -2.26. The van der Waals surface area contributed by atoms with E-state index >= 15 is 0 Å². The number of carbonyl (C=O) groups is 2. The van der Waals surface area contributed by atoms with Crippen LogP contribution in [0.25, 0.3) is 0 Å². The van der Waals surface area contributed by atoms with Crippen LogP contribution >= 0.6 is 11.8 Å². The molecule has 0 aromatic carbocycles. The van der Waals surface area contributed by atoms with E-state index in [0.717, 1.165) is 18.1 Å². The molecule has 0 spiro atoms. The van der Waals surface area contributed by atoms with Crippen LogP contribution < -0.4 is 11.3 Å². The van der Waals surface area contributed by atoms with Crippen LogP contribution in [0, 0.1) is 0 Å². The van der Waals surface area contributed by atoms with Gasteiger partial charge in [-0.25, -0.2) is 5.84 Å². The Hall–Kier alpha value is -0.750. The van der Waals surface area contributed by atoms with Crippen molar-refractivity contribution in [3.63, 3.8) is 0 Å². The van der Waals surface area contributed by atoms with Gasteiger partial charge in [0.05, 0.1) is 0 Å². The number of amides is 2. The number of hydrogen-bond acceptors (Lipinski definition) is 4. The molecule has 3 N–H and O–H groups in total. The van der Waals surface area contributed by atoms with Crippen molar-refractivity contribution in [2.75, 3.05) is 18.1 Å². The third-order valence-corrected chi connectivity index (χ3v) is 3.32. The van der Waals surface area contributed by atoms with Crippen molar-refractivity contribution in [1.29, 1.82) is 0 Å². The van der Waals surface area contributed by atoms with Crippen LogP contribution in [0.15, 0.2) is 0 Å². The zero-order valence-electron chi connectivity index (χ0n) is 10.9. The summed E-state index contributed by atoms with van der Waals surface area (Å²) in [4.78, 5) is 24.3. The van der Waals surface area contributed by atoms with E-state index in [1.807, 2.05) is 25.7 Å². The zero-order valence-corrected chi connectivity index (χ0v) is 11.7. The van der Waals surface area contributed by atoms with Crippen LogP contribution in [0.1, 0.15) is 33.6 Å². The van der Waals surface area contributed by atoms with E-state index < -0.39 is 0 Å². The lowest BCUT2D eigenvalue weighted by Crippen LogP contribution is -2.38. The first-order chi connectivity index (χ1) is 8.02. The number of nitrogens with zero attached hydrogens (tertiary/aromatic N) is 1. The number of thioether (sulfide) groups is 1. The lowest BCUT2D eigenvalue weighted by atomic mass is 10.3. The second-order valence-corrected chi connectivity index (χ2v) is 5.19. The van der Waals surface area contributed by atoms with Gasteiger partial charge in [0.25, 0.3) is 0 Å².